The highest BCUT2D eigenvalue weighted by molar-refractivity contribution is 7.91. The van der Waals surface area contributed by atoms with Crippen molar-refractivity contribution in [1.82, 2.24) is 4.90 Å². The lowest BCUT2D eigenvalue weighted by molar-refractivity contribution is -0.147. The highest BCUT2D eigenvalue weighted by Gasteiger charge is 2.33. The number of carbonyl (C=O) groups is 2. The van der Waals surface area contributed by atoms with E-state index in [1.54, 1.807) is 43.5 Å². The van der Waals surface area contributed by atoms with Gasteiger partial charge in [0.05, 0.1) is 24.2 Å². The van der Waals surface area contributed by atoms with Gasteiger partial charge in [-0.2, -0.15) is 0 Å². The molecule has 7 nitrogen and oxygen atoms in total. The molecule has 8 heteroatoms. The van der Waals surface area contributed by atoms with Crippen LogP contribution < -0.4 is 4.74 Å². The molecule has 0 spiro atoms. The van der Waals surface area contributed by atoms with Crippen molar-refractivity contribution in [2.75, 3.05) is 32.3 Å². The molecule has 1 atom stereocenters. The van der Waals surface area contributed by atoms with Gasteiger partial charge in [0.15, 0.2) is 16.4 Å². The van der Waals surface area contributed by atoms with Crippen LogP contribution in [-0.2, 0) is 24.2 Å². The number of nitrogens with zero attached hydrogens (tertiary/aromatic N) is 1. The van der Waals surface area contributed by atoms with Crippen LogP contribution in [-0.4, -0.2) is 63.5 Å². The Morgan fingerprint density at radius 2 is 1.77 bits per heavy atom. The molecule has 1 aliphatic heterocycles. The van der Waals surface area contributed by atoms with Crippen molar-refractivity contribution in [2.24, 2.45) is 0 Å². The lowest BCUT2D eigenvalue weighted by atomic mass is 10.0. The van der Waals surface area contributed by atoms with Gasteiger partial charge in [0.2, 0.25) is 0 Å². The maximum Gasteiger partial charge on any atom is 0.339 e. The number of hydrogen-bond acceptors (Lipinski definition) is 6. The summed E-state index contributed by atoms with van der Waals surface area (Å²) >= 11 is 0. The number of hydrogen-bond donors (Lipinski definition) is 0. The van der Waals surface area contributed by atoms with Gasteiger partial charge in [-0.05, 0) is 24.1 Å². The Kier molecular flexibility index (Phi) is 7.12. The number of rotatable bonds is 7. The van der Waals surface area contributed by atoms with Gasteiger partial charge in [-0.1, -0.05) is 48.5 Å². The molecule has 1 amide bonds. The van der Waals surface area contributed by atoms with Crippen LogP contribution in [0.5, 0.6) is 5.75 Å². The fraction of sp³-hybridized carbons (Fsp3) is 0.304. The maximum atomic E-state index is 12.9. The Morgan fingerprint density at radius 3 is 2.42 bits per heavy atom. The number of methoxy groups -OCH3 is 1. The van der Waals surface area contributed by atoms with Crippen LogP contribution in [0, 0.1) is 0 Å². The number of amides is 1. The third-order valence-electron chi connectivity index (χ3n) is 5.22. The zero-order valence-electron chi connectivity index (χ0n) is 17.5. The average molecular weight is 444 g/mol. The van der Waals surface area contributed by atoms with Gasteiger partial charge >= 0.3 is 5.97 Å². The van der Waals surface area contributed by atoms with Gasteiger partial charge in [0, 0.05) is 18.7 Å². The minimum absolute atomic E-state index is 0.0633. The average Bonchev–Trinajstić information content (AvgIpc) is 3.15. The Morgan fingerprint density at radius 1 is 1.10 bits per heavy atom. The first-order chi connectivity index (χ1) is 14.8. The van der Waals surface area contributed by atoms with Crippen LogP contribution in [0.3, 0.4) is 0 Å². The molecule has 0 saturated carbocycles. The van der Waals surface area contributed by atoms with E-state index in [0.717, 1.165) is 0 Å². The Balaban J connectivity index is 1.76. The summed E-state index contributed by atoms with van der Waals surface area (Å²) in [6.07, 6.45) is 2.05. The fourth-order valence-corrected chi connectivity index (χ4v) is 5.18. The zero-order chi connectivity index (χ0) is 22.4. The molecule has 0 N–H and O–H groups in total. The van der Waals surface area contributed by atoms with Crippen LogP contribution in [0.15, 0.2) is 54.6 Å². The molecule has 2 aromatic rings. The van der Waals surface area contributed by atoms with Gasteiger partial charge in [-0.3, -0.25) is 4.79 Å². The summed E-state index contributed by atoms with van der Waals surface area (Å²) in [5, 5.41) is 0. The van der Waals surface area contributed by atoms with Gasteiger partial charge in [0.1, 0.15) is 5.75 Å². The van der Waals surface area contributed by atoms with Crippen molar-refractivity contribution >= 4 is 33.4 Å². The second-order valence-corrected chi connectivity index (χ2v) is 9.53. The van der Waals surface area contributed by atoms with Crippen LogP contribution in [0.25, 0.3) is 11.6 Å². The SMILES string of the molecule is COc1ccccc1/C=C(/C(=O)OCC(=O)N(C)[C@@H]1CCS(=O)(=O)C1)c1ccccc1. The van der Waals surface area contributed by atoms with Crippen LogP contribution in [0.4, 0.5) is 0 Å². The van der Waals surface area contributed by atoms with Crippen LogP contribution in [0.1, 0.15) is 17.5 Å². The summed E-state index contributed by atoms with van der Waals surface area (Å²) in [7, 11) is -0.0399. The third-order valence-corrected chi connectivity index (χ3v) is 6.97. The topological polar surface area (TPSA) is 90.0 Å². The quantitative estimate of drug-likeness (QED) is 0.371. The van der Waals surface area contributed by atoms with Gasteiger partial charge in [-0.15, -0.1) is 0 Å². The molecule has 1 aliphatic rings. The smallest absolute Gasteiger partial charge is 0.339 e. The van der Waals surface area contributed by atoms with Crippen molar-refractivity contribution in [2.45, 2.75) is 12.5 Å². The van der Waals surface area contributed by atoms with E-state index in [1.165, 1.54) is 11.9 Å². The fourth-order valence-electron chi connectivity index (χ4n) is 3.41. The zero-order valence-corrected chi connectivity index (χ0v) is 18.3. The highest BCUT2D eigenvalue weighted by atomic mass is 32.2. The van der Waals surface area contributed by atoms with Crippen molar-refractivity contribution in [3.8, 4) is 5.75 Å². The van der Waals surface area contributed by atoms with Gasteiger partial charge in [-0.25, -0.2) is 13.2 Å². The highest BCUT2D eigenvalue weighted by Crippen LogP contribution is 2.25. The minimum atomic E-state index is -3.12. The Bertz CT molecular complexity index is 1080. The molecule has 3 rings (SSSR count). The number of sulfone groups is 1. The van der Waals surface area contributed by atoms with E-state index in [1.807, 2.05) is 24.3 Å². The van der Waals surface area contributed by atoms with E-state index in [9.17, 15) is 18.0 Å². The van der Waals surface area contributed by atoms with Gasteiger partial charge < -0.3 is 14.4 Å². The van der Waals surface area contributed by atoms with Crippen molar-refractivity contribution < 1.29 is 27.5 Å². The summed E-state index contributed by atoms with van der Waals surface area (Å²) in [5.41, 5.74) is 1.62. The molecule has 1 saturated heterocycles. The number of carbonyl (C=O) groups excluding carboxylic acids is 2. The molecule has 0 unspecified atom stereocenters. The summed E-state index contributed by atoms with van der Waals surface area (Å²) < 4.78 is 34.0. The van der Waals surface area contributed by atoms with Crippen LogP contribution >= 0.6 is 0 Å². The molecule has 0 aromatic heterocycles. The first-order valence-electron chi connectivity index (χ1n) is 9.84. The molecule has 1 fully saturated rings. The molecular formula is C23H25NO6S. The molecule has 164 valence electrons. The number of ether oxygens (including phenoxy) is 2. The molecule has 31 heavy (non-hydrogen) atoms. The first kappa shape index (κ1) is 22.6. The monoisotopic (exact) mass is 443 g/mol. The third kappa shape index (κ3) is 5.73. The molecule has 0 radical (unpaired) electrons. The molecule has 1 heterocycles. The molecular weight excluding hydrogens is 418 g/mol. The number of esters is 1. The minimum Gasteiger partial charge on any atom is -0.496 e. The molecule has 0 bridgehead atoms. The second-order valence-electron chi connectivity index (χ2n) is 7.30. The number of para-hydroxylation sites is 1. The van der Waals surface area contributed by atoms with Crippen molar-refractivity contribution in [3.63, 3.8) is 0 Å². The van der Waals surface area contributed by atoms with Crippen molar-refractivity contribution in [3.05, 3.63) is 65.7 Å². The number of benzene rings is 2. The van der Waals surface area contributed by atoms with E-state index >= 15 is 0 Å². The van der Waals surface area contributed by atoms with Crippen molar-refractivity contribution in [1.29, 1.82) is 0 Å². The predicted molar refractivity (Wildman–Crippen MR) is 118 cm³/mol. The van der Waals surface area contributed by atoms with E-state index in [2.05, 4.69) is 0 Å². The normalized spacial score (nSPS) is 17.7. The largest absolute Gasteiger partial charge is 0.496 e. The summed E-state index contributed by atoms with van der Waals surface area (Å²) in [6, 6.07) is 15.9. The lowest BCUT2D eigenvalue weighted by Gasteiger charge is -2.23. The van der Waals surface area contributed by atoms with E-state index in [4.69, 9.17) is 9.47 Å². The van der Waals surface area contributed by atoms with Gasteiger partial charge in [0.25, 0.3) is 5.91 Å². The molecule has 2 aromatic carbocycles. The first-order valence-corrected chi connectivity index (χ1v) is 11.7. The lowest BCUT2D eigenvalue weighted by Crippen LogP contribution is -2.40. The maximum absolute atomic E-state index is 12.9. The summed E-state index contributed by atoms with van der Waals surface area (Å²) in [6.45, 7) is -0.470. The Labute approximate surface area is 182 Å². The summed E-state index contributed by atoms with van der Waals surface area (Å²) in [5.74, 6) is -0.499. The van der Waals surface area contributed by atoms with E-state index < -0.39 is 34.4 Å². The summed E-state index contributed by atoms with van der Waals surface area (Å²) in [4.78, 5) is 26.7. The van der Waals surface area contributed by atoms with E-state index in [-0.39, 0.29) is 17.1 Å². The predicted octanol–water partition coefficient (Wildman–Crippen LogP) is 2.42. The standard InChI is InChI=1S/C23H25NO6S/c1-24(19-12-13-31(27,28)16-19)22(25)15-30-23(26)20(17-8-4-3-5-9-17)14-18-10-6-7-11-21(18)29-2/h3-11,14,19H,12-13,15-16H2,1-2H3/b20-14+/t19-/m1/s1. The second kappa shape index (κ2) is 9.78. The Hall–Kier alpha value is -3.13. The molecule has 0 aliphatic carbocycles. The number of likely N-dealkylation sites (N-methyl/N-ethyl adjacent to an activating group) is 1. The van der Waals surface area contributed by atoms with E-state index in [0.29, 0.717) is 23.3 Å². The van der Waals surface area contributed by atoms with Crippen LogP contribution in [0.2, 0.25) is 0 Å².